The fourth-order valence-corrected chi connectivity index (χ4v) is 4.90. The van der Waals surface area contributed by atoms with Crippen molar-refractivity contribution in [3.63, 3.8) is 0 Å². The molecular weight excluding hydrogens is 492 g/mol. The van der Waals surface area contributed by atoms with Crippen LogP contribution in [-0.4, -0.2) is 66.0 Å². The van der Waals surface area contributed by atoms with E-state index in [0.717, 1.165) is 24.2 Å². The fraction of sp³-hybridized carbons (Fsp3) is 0.250. The molecule has 3 aromatic rings. The summed E-state index contributed by atoms with van der Waals surface area (Å²) < 4.78 is 11.5. The summed E-state index contributed by atoms with van der Waals surface area (Å²) in [4.78, 5) is 30.6. The molecule has 5 rings (SSSR count). The van der Waals surface area contributed by atoms with Gasteiger partial charge in [0.05, 0.1) is 24.8 Å². The van der Waals surface area contributed by atoms with Crippen molar-refractivity contribution >= 4 is 17.8 Å². The molecule has 0 bridgehead atoms. The number of ketones is 1. The topological polar surface area (TPSA) is 79.3 Å². The highest BCUT2D eigenvalue weighted by Gasteiger charge is 2.43. The minimum absolute atomic E-state index is 0.0781. The van der Waals surface area contributed by atoms with Crippen LogP contribution >= 0.6 is 0 Å². The van der Waals surface area contributed by atoms with Gasteiger partial charge in [-0.15, -0.1) is 0 Å². The summed E-state index contributed by atoms with van der Waals surface area (Å²) in [6.45, 7) is 4.22. The summed E-state index contributed by atoms with van der Waals surface area (Å²) in [7, 11) is 0. The van der Waals surface area contributed by atoms with Gasteiger partial charge in [0.1, 0.15) is 12.4 Å². The molecule has 0 radical (unpaired) electrons. The molecule has 7 nitrogen and oxygen atoms in total. The Labute approximate surface area is 228 Å². The van der Waals surface area contributed by atoms with Crippen LogP contribution in [0.3, 0.4) is 0 Å². The third kappa shape index (κ3) is 6.45. The van der Waals surface area contributed by atoms with Gasteiger partial charge in [0.15, 0.2) is 11.5 Å². The standard InChI is InChI=1S/C32H32N2O5/c35-28(15-14-24-8-3-1-4-9-24)29-30(34(32(37)31(29)36)17-16-33-18-20-38-21-19-33)26-12-7-13-27(22-26)39-23-25-10-5-2-6-11-25/h1-15,22,30,36H,16-21,23H2/b15-14+. The van der Waals surface area contributed by atoms with E-state index in [0.29, 0.717) is 44.2 Å². The summed E-state index contributed by atoms with van der Waals surface area (Å²) in [6, 6.07) is 26.0. The number of ether oxygens (including phenoxy) is 2. The van der Waals surface area contributed by atoms with Gasteiger partial charge in [-0.3, -0.25) is 14.5 Å². The van der Waals surface area contributed by atoms with Crippen LogP contribution in [0, 0.1) is 0 Å². The summed E-state index contributed by atoms with van der Waals surface area (Å²) in [5.74, 6) is -0.824. The Bertz CT molecular complexity index is 1350. The van der Waals surface area contributed by atoms with E-state index in [2.05, 4.69) is 4.90 Å². The molecule has 0 aliphatic carbocycles. The third-order valence-electron chi connectivity index (χ3n) is 6.98. The van der Waals surface area contributed by atoms with Crippen molar-refractivity contribution in [2.24, 2.45) is 0 Å². The van der Waals surface area contributed by atoms with Crippen LogP contribution in [0.2, 0.25) is 0 Å². The number of rotatable bonds is 10. The van der Waals surface area contributed by atoms with Gasteiger partial charge in [0, 0.05) is 26.2 Å². The van der Waals surface area contributed by atoms with Crippen LogP contribution < -0.4 is 4.74 Å². The summed E-state index contributed by atoms with van der Waals surface area (Å²) in [5, 5.41) is 11.0. The minimum Gasteiger partial charge on any atom is -0.503 e. The van der Waals surface area contributed by atoms with E-state index in [4.69, 9.17) is 9.47 Å². The highest BCUT2D eigenvalue weighted by atomic mass is 16.5. The van der Waals surface area contributed by atoms with E-state index in [1.807, 2.05) is 84.9 Å². The first-order valence-electron chi connectivity index (χ1n) is 13.2. The average Bonchev–Trinajstić information content (AvgIpc) is 3.24. The SMILES string of the molecule is O=C(/C=C/c1ccccc1)C1=C(O)C(=O)N(CCN2CCOCC2)C1c1cccc(OCc2ccccc2)c1. The lowest BCUT2D eigenvalue weighted by molar-refractivity contribution is -0.129. The highest BCUT2D eigenvalue weighted by molar-refractivity contribution is 6.14. The number of hydrogen-bond acceptors (Lipinski definition) is 6. The second kappa shape index (κ2) is 12.6. The normalized spacial score (nSPS) is 18.2. The van der Waals surface area contributed by atoms with E-state index in [-0.39, 0.29) is 5.57 Å². The molecule has 7 heteroatoms. The molecule has 2 aliphatic heterocycles. The van der Waals surface area contributed by atoms with Gasteiger partial charge >= 0.3 is 0 Å². The first-order valence-corrected chi connectivity index (χ1v) is 13.2. The number of aliphatic hydroxyl groups is 1. The molecule has 1 fully saturated rings. The van der Waals surface area contributed by atoms with Gasteiger partial charge in [0.25, 0.3) is 5.91 Å². The molecular formula is C32H32N2O5. The number of carbonyl (C=O) groups excluding carboxylic acids is 2. The molecule has 2 heterocycles. The van der Waals surface area contributed by atoms with E-state index in [1.165, 1.54) is 6.08 Å². The molecule has 0 spiro atoms. The maximum atomic E-state index is 13.5. The summed E-state index contributed by atoms with van der Waals surface area (Å²) in [5.41, 5.74) is 2.67. The summed E-state index contributed by atoms with van der Waals surface area (Å²) >= 11 is 0. The molecule has 1 unspecified atom stereocenters. The van der Waals surface area contributed by atoms with Crippen LogP contribution in [0.25, 0.3) is 6.08 Å². The predicted molar refractivity (Wildman–Crippen MR) is 149 cm³/mol. The van der Waals surface area contributed by atoms with Gasteiger partial charge in [0.2, 0.25) is 0 Å². The van der Waals surface area contributed by atoms with Crippen molar-refractivity contribution in [1.82, 2.24) is 9.80 Å². The Hall–Kier alpha value is -4.20. The minimum atomic E-state index is -0.730. The Balaban J connectivity index is 1.42. The van der Waals surface area contributed by atoms with Crippen molar-refractivity contribution in [1.29, 1.82) is 0 Å². The predicted octanol–water partition coefficient (Wildman–Crippen LogP) is 4.58. The third-order valence-corrected chi connectivity index (χ3v) is 6.98. The number of allylic oxidation sites excluding steroid dienone is 1. The molecule has 2 aliphatic rings. The number of carbonyl (C=O) groups is 2. The smallest absolute Gasteiger partial charge is 0.290 e. The van der Waals surface area contributed by atoms with E-state index >= 15 is 0 Å². The van der Waals surface area contributed by atoms with Crippen molar-refractivity contribution in [2.75, 3.05) is 39.4 Å². The molecule has 1 N–H and O–H groups in total. The number of nitrogens with zero attached hydrogens (tertiary/aromatic N) is 2. The first kappa shape index (κ1) is 26.4. The van der Waals surface area contributed by atoms with E-state index in [9.17, 15) is 14.7 Å². The number of hydrogen-bond donors (Lipinski definition) is 1. The van der Waals surface area contributed by atoms with Crippen LogP contribution in [0.5, 0.6) is 5.75 Å². The molecule has 39 heavy (non-hydrogen) atoms. The van der Waals surface area contributed by atoms with Crippen LogP contribution in [0.15, 0.2) is 102 Å². The molecule has 1 atom stereocenters. The Morgan fingerprint density at radius 1 is 0.949 bits per heavy atom. The monoisotopic (exact) mass is 524 g/mol. The molecule has 0 saturated carbocycles. The van der Waals surface area contributed by atoms with Gasteiger partial charge in [-0.1, -0.05) is 78.9 Å². The second-order valence-corrected chi connectivity index (χ2v) is 9.57. The average molecular weight is 525 g/mol. The lowest BCUT2D eigenvalue weighted by atomic mass is 9.95. The largest absolute Gasteiger partial charge is 0.503 e. The Morgan fingerprint density at radius 3 is 2.41 bits per heavy atom. The number of benzene rings is 3. The van der Waals surface area contributed by atoms with Crippen molar-refractivity contribution in [3.8, 4) is 5.75 Å². The lowest BCUT2D eigenvalue weighted by Crippen LogP contribution is -2.43. The Morgan fingerprint density at radius 2 is 1.67 bits per heavy atom. The molecule has 1 amide bonds. The zero-order valence-electron chi connectivity index (χ0n) is 21.7. The van der Waals surface area contributed by atoms with Crippen LogP contribution in [0.4, 0.5) is 0 Å². The van der Waals surface area contributed by atoms with E-state index in [1.54, 1.807) is 11.0 Å². The van der Waals surface area contributed by atoms with Gasteiger partial charge in [-0.2, -0.15) is 0 Å². The maximum Gasteiger partial charge on any atom is 0.290 e. The first-order chi connectivity index (χ1) is 19.1. The zero-order valence-corrected chi connectivity index (χ0v) is 21.7. The van der Waals surface area contributed by atoms with Crippen LogP contribution in [-0.2, 0) is 20.9 Å². The van der Waals surface area contributed by atoms with Crippen LogP contribution in [0.1, 0.15) is 22.7 Å². The number of aliphatic hydroxyl groups excluding tert-OH is 1. The van der Waals surface area contributed by atoms with Gasteiger partial charge in [-0.05, 0) is 34.9 Å². The fourth-order valence-electron chi connectivity index (χ4n) is 4.90. The number of morpholine rings is 1. The van der Waals surface area contributed by atoms with Gasteiger partial charge < -0.3 is 19.5 Å². The van der Waals surface area contributed by atoms with Crippen molar-refractivity contribution in [2.45, 2.75) is 12.6 Å². The zero-order chi connectivity index (χ0) is 27.0. The highest BCUT2D eigenvalue weighted by Crippen LogP contribution is 2.39. The maximum absolute atomic E-state index is 13.5. The van der Waals surface area contributed by atoms with Crippen molar-refractivity contribution in [3.05, 3.63) is 119 Å². The molecule has 1 saturated heterocycles. The Kier molecular flexibility index (Phi) is 8.51. The molecule has 3 aromatic carbocycles. The molecule has 200 valence electrons. The number of amides is 1. The molecule has 0 aromatic heterocycles. The quantitative estimate of drug-likeness (QED) is 0.392. The van der Waals surface area contributed by atoms with E-state index < -0.39 is 23.5 Å². The van der Waals surface area contributed by atoms with Gasteiger partial charge in [-0.25, -0.2) is 0 Å². The second-order valence-electron chi connectivity index (χ2n) is 9.57. The van der Waals surface area contributed by atoms with Crippen molar-refractivity contribution < 1.29 is 24.2 Å². The lowest BCUT2D eigenvalue weighted by Gasteiger charge is -2.31. The summed E-state index contributed by atoms with van der Waals surface area (Å²) in [6.07, 6.45) is 3.11.